The maximum atomic E-state index is 11.5. The van der Waals surface area contributed by atoms with Crippen LogP contribution in [0.2, 0.25) is 0 Å². The molecular weight excluding hydrogens is 254 g/mol. The van der Waals surface area contributed by atoms with Gasteiger partial charge in [0, 0.05) is 6.04 Å². The molecule has 0 amide bonds. The summed E-state index contributed by atoms with van der Waals surface area (Å²) in [6.45, 7) is 4.57. The van der Waals surface area contributed by atoms with Crippen LogP contribution in [0.4, 0.5) is 11.5 Å². The molecule has 2 rings (SSSR count). The van der Waals surface area contributed by atoms with Crippen molar-refractivity contribution in [3.05, 3.63) is 17.8 Å². The minimum Gasteiger partial charge on any atom is -0.464 e. The number of hydrogen-bond acceptors (Lipinski definition) is 5. The number of rotatable bonds is 3. The zero-order chi connectivity index (χ0) is 14.7. The molecule has 3 N–H and O–H groups in total. The average Bonchev–Trinajstić information content (AvgIpc) is 2.44. The number of anilines is 2. The predicted octanol–water partition coefficient (Wildman–Crippen LogP) is 2.69. The molecule has 5 nitrogen and oxygen atoms in total. The Morgan fingerprint density at radius 3 is 2.75 bits per heavy atom. The number of carbonyl (C=O) groups is 1. The Morgan fingerprint density at radius 1 is 1.35 bits per heavy atom. The van der Waals surface area contributed by atoms with Gasteiger partial charge in [-0.25, -0.2) is 9.78 Å². The van der Waals surface area contributed by atoms with Gasteiger partial charge in [0.2, 0.25) is 0 Å². The van der Waals surface area contributed by atoms with Crippen molar-refractivity contribution in [3.63, 3.8) is 0 Å². The summed E-state index contributed by atoms with van der Waals surface area (Å²) in [4.78, 5) is 15.8. The molecule has 1 aliphatic rings. The van der Waals surface area contributed by atoms with Crippen molar-refractivity contribution in [3.8, 4) is 0 Å². The molecule has 1 saturated carbocycles. The number of esters is 1. The van der Waals surface area contributed by atoms with E-state index in [0.717, 1.165) is 18.8 Å². The third kappa shape index (κ3) is 3.21. The molecule has 1 heterocycles. The molecule has 3 atom stereocenters. The first-order chi connectivity index (χ1) is 9.51. The maximum absolute atomic E-state index is 11.5. The zero-order valence-electron chi connectivity index (χ0n) is 12.3. The highest BCUT2D eigenvalue weighted by Gasteiger charge is 2.25. The quantitative estimate of drug-likeness (QED) is 0.831. The number of aromatic nitrogens is 1. The molecule has 3 unspecified atom stereocenters. The number of methoxy groups -OCH3 is 1. The molecule has 0 radical (unpaired) electrons. The van der Waals surface area contributed by atoms with Crippen molar-refractivity contribution in [2.24, 2.45) is 11.8 Å². The van der Waals surface area contributed by atoms with Crippen LogP contribution in [0.5, 0.6) is 0 Å². The Bertz CT molecular complexity index is 490. The largest absolute Gasteiger partial charge is 0.464 e. The summed E-state index contributed by atoms with van der Waals surface area (Å²) >= 11 is 0. The van der Waals surface area contributed by atoms with E-state index in [2.05, 4.69) is 28.9 Å². The third-order valence-corrected chi connectivity index (χ3v) is 4.26. The molecule has 1 aromatic heterocycles. The molecule has 1 aliphatic carbocycles. The van der Waals surface area contributed by atoms with Crippen molar-refractivity contribution in [1.82, 2.24) is 4.98 Å². The first kappa shape index (κ1) is 14.6. The van der Waals surface area contributed by atoms with E-state index in [4.69, 9.17) is 5.73 Å². The van der Waals surface area contributed by atoms with Crippen LogP contribution in [0.1, 0.15) is 43.6 Å². The van der Waals surface area contributed by atoms with Crippen LogP contribution >= 0.6 is 0 Å². The Hall–Kier alpha value is -1.78. The molecule has 1 aromatic rings. The number of nitrogen functional groups attached to an aromatic ring is 1. The van der Waals surface area contributed by atoms with E-state index in [1.807, 2.05) is 0 Å². The van der Waals surface area contributed by atoms with Gasteiger partial charge >= 0.3 is 5.97 Å². The molecule has 0 aromatic carbocycles. The fourth-order valence-corrected chi connectivity index (χ4v) is 2.68. The van der Waals surface area contributed by atoms with Gasteiger partial charge in [-0.3, -0.25) is 0 Å². The standard InChI is InChI=1S/C15H23N3O2/c1-9-4-5-11(8-10(9)2)17-14-12(16)6-7-13(18-14)15(19)20-3/h6-7,9-11H,4-5,8,16H2,1-3H3,(H,17,18). The Balaban J connectivity index is 2.10. The Kier molecular flexibility index (Phi) is 4.47. The number of ether oxygens (including phenoxy) is 1. The van der Waals surface area contributed by atoms with E-state index in [9.17, 15) is 4.79 Å². The first-order valence-electron chi connectivity index (χ1n) is 7.12. The average molecular weight is 277 g/mol. The Labute approximate surface area is 119 Å². The van der Waals surface area contributed by atoms with E-state index >= 15 is 0 Å². The summed E-state index contributed by atoms with van der Waals surface area (Å²) < 4.78 is 4.68. The van der Waals surface area contributed by atoms with Crippen molar-refractivity contribution in [2.45, 2.75) is 39.2 Å². The van der Waals surface area contributed by atoms with Gasteiger partial charge in [0.1, 0.15) is 5.82 Å². The number of nitrogens with one attached hydrogen (secondary N) is 1. The minimum atomic E-state index is -0.446. The normalized spacial score (nSPS) is 26.1. The molecule has 5 heteroatoms. The second kappa shape index (κ2) is 6.11. The lowest BCUT2D eigenvalue weighted by Crippen LogP contribution is -2.31. The van der Waals surface area contributed by atoms with Crippen LogP contribution in [0.25, 0.3) is 0 Å². The highest BCUT2D eigenvalue weighted by Crippen LogP contribution is 2.31. The van der Waals surface area contributed by atoms with Crippen LogP contribution in [-0.2, 0) is 4.74 Å². The van der Waals surface area contributed by atoms with Crippen molar-refractivity contribution >= 4 is 17.5 Å². The van der Waals surface area contributed by atoms with Crippen LogP contribution in [-0.4, -0.2) is 24.1 Å². The van der Waals surface area contributed by atoms with Gasteiger partial charge in [-0.2, -0.15) is 0 Å². The van der Waals surface area contributed by atoms with Gasteiger partial charge in [-0.1, -0.05) is 13.8 Å². The van der Waals surface area contributed by atoms with Crippen LogP contribution in [0.3, 0.4) is 0 Å². The molecule has 0 aliphatic heterocycles. The zero-order valence-corrected chi connectivity index (χ0v) is 12.3. The highest BCUT2D eigenvalue weighted by atomic mass is 16.5. The first-order valence-corrected chi connectivity index (χ1v) is 7.12. The van der Waals surface area contributed by atoms with Gasteiger partial charge in [0.15, 0.2) is 5.69 Å². The monoisotopic (exact) mass is 277 g/mol. The molecule has 20 heavy (non-hydrogen) atoms. The lowest BCUT2D eigenvalue weighted by molar-refractivity contribution is 0.0594. The summed E-state index contributed by atoms with van der Waals surface area (Å²) in [6, 6.07) is 3.64. The van der Waals surface area contributed by atoms with E-state index in [0.29, 0.717) is 23.5 Å². The van der Waals surface area contributed by atoms with E-state index in [1.165, 1.54) is 13.5 Å². The molecule has 1 fully saturated rings. The number of nitrogens with two attached hydrogens (primary N) is 1. The minimum absolute atomic E-state index is 0.279. The van der Waals surface area contributed by atoms with Crippen molar-refractivity contribution < 1.29 is 9.53 Å². The fourth-order valence-electron chi connectivity index (χ4n) is 2.68. The topological polar surface area (TPSA) is 77.2 Å². The SMILES string of the molecule is COC(=O)c1ccc(N)c(NC2CCC(C)C(C)C2)n1. The number of hydrogen-bond donors (Lipinski definition) is 2. The van der Waals surface area contributed by atoms with Crippen molar-refractivity contribution in [2.75, 3.05) is 18.2 Å². The smallest absolute Gasteiger partial charge is 0.356 e. The van der Waals surface area contributed by atoms with E-state index in [1.54, 1.807) is 12.1 Å². The van der Waals surface area contributed by atoms with Gasteiger partial charge in [-0.15, -0.1) is 0 Å². The summed E-state index contributed by atoms with van der Waals surface area (Å²) in [5, 5.41) is 3.38. The van der Waals surface area contributed by atoms with E-state index in [-0.39, 0.29) is 5.69 Å². The second-order valence-corrected chi connectivity index (χ2v) is 5.73. The summed E-state index contributed by atoms with van der Waals surface area (Å²) in [6.07, 6.45) is 3.41. The fraction of sp³-hybridized carbons (Fsp3) is 0.600. The van der Waals surface area contributed by atoms with Crippen LogP contribution < -0.4 is 11.1 Å². The number of pyridine rings is 1. The molecule has 0 spiro atoms. The molecule has 0 bridgehead atoms. The molecule has 0 saturated heterocycles. The second-order valence-electron chi connectivity index (χ2n) is 5.73. The van der Waals surface area contributed by atoms with Gasteiger partial charge in [0.25, 0.3) is 0 Å². The summed E-state index contributed by atoms with van der Waals surface area (Å²) in [5.41, 5.74) is 6.77. The molecule has 110 valence electrons. The predicted molar refractivity (Wildman–Crippen MR) is 79.6 cm³/mol. The Morgan fingerprint density at radius 2 is 2.10 bits per heavy atom. The van der Waals surface area contributed by atoms with Gasteiger partial charge < -0.3 is 15.8 Å². The van der Waals surface area contributed by atoms with Crippen molar-refractivity contribution in [1.29, 1.82) is 0 Å². The molecular formula is C15H23N3O2. The lowest BCUT2D eigenvalue weighted by Gasteiger charge is -2.33. The van der Waals surface area contributed by atoms with Gasteiger partial charge in [0.05, 0.1) is 12.8 Å². The summed E-state index contributed by atoms with van der Waals surface area (Å²) in [7, 11) is 1.34. The maximum Gasteiger partial charge on any atom is 0.356 e. The number of carbonyl (C=O) groups excluding carboxylic acids is 1. The third-order valence-electron chi connectivity index (χ3n) is 4.26. The van der Waals surface area contributed by atoms with Crippen LogP contribution in [0.15, 0.2) is 12.1 Å². The highest BCUT2D eigenvalue weighted by molar-refractivity contribution is 5.88. The van der Waals surface area contributed by atoms with E-state index < -0.39 is 5.97 Å². The lowest BCUT2D eigenvalue weighted by atomic mass is 9.79. The number of nitrogens with zero attached hydrogens (tertiary/aromatic N) is 1. The summed E-state index contributed by atoms with van der Waals surface area (Å²) in [5.74, 6) is 1.59. The van der Waals surface area contributed by atoms with Crippen LogP contribution in [0, 0.1) is 11.8 Å². The van der Waals surface area contributed by atoms with Gasteiger partial charge in [-0.05, 0) is 43.2 Å².